The molecule has 106 valence electrons. The lowest BCUT2D eigenvalue weighted by Crippen LogP contribution is -2.35. The first kappa shape index (κ1) is 14.4. The lowest BCUT2D eigenvalue weighted by molar-refractivity contribution is -0.136. The van der Waals surface area contributed by atoms with Gasteiger partial charge in [-0.05, 0) is 49.8 Å². The van der Waals surface area contributed by atoms with Crippen molar-refractivity contribution in [1.29, 1.82) is 0 Å². The van der Waals surface area contributed by atoms with E-state index in [0.717, 1.165) is 19.3 Å². The number of aryl methyl sites for hydroxylation is 1. The standard InChI is InChI=1S/C15H20F3N/c1-19-14(9-10-15(16,17)18)13-8-4-6-11-5-2-3-7-12(11)13/h2-3,5,7,13-14,19H,4,6,8-10H2,1H3. The average molecular weight is 271 g/mol. The lowest BCUT2D eigenvalue weighted by atomic mass is 9.77. The molecule has 0 radical (unpaired) electrons. The zero-order chi connectivity index (χ0) is 13.9. The molecule has 1 N–H and O–H groups in total. The Balaban J connectivity index is 2.11. The van der Waals surface area contributed by atoms with Gasteiger partial charge < -0.3 is 5.32 Å². The average Bonchev–Trinajstić information content (AvgIpc) is 2.38. The molecule has 2 unspecified atom stereocenters. The minimum Gasteiger partial charge on any atom is -0.316 e. The van der Waals surface area contributed by atoms with Crippen molar-refractivity contribution in [2.45, 2.75) is 50.2 Å². The number of fused-ring (bicyclic) bond motifs is 1. The molecule has 2 rings (SSSR count). The van der Waals surface area contributed by atoms with Gasteiger partial charge in [-0.1, -0.05) is 24.3 Å². The second-order valence-electron chi connectivity index (χ2n) is 5.25. The molecule has 0 aromatic heterocycles. The van der Waals surface area contributed by atoms with Crippen molar-refractivity contribution in [3.05, 3.63) is 35.4 Å². The highest BCUT2D eigenvalue weighted by molar-refractivity contribution is 5.33. The van der Waals surface area contributed by atoms with E-state index in [-0.39, 0.29) is 18.4 Å². The minimum absolute atomic E-state index is 0.0944. The third-order valence-electron chi connectivity index (χ3n) is 4.01. The van der Waals surface area contributed by atoms with Gasteiger partial charge in [0.15, 0.2) is 0 Å². The van der Waals surface area contributed by atoms with Gasteiger partial charge in [0.1, 0.15) is 0 Å². The molecule has 0 amide bonds. The molecule has 1 aromatic rings. The monoisotopic (exact) mass is 271 g/mol. The quantitative estimate of drug-likeness (QED) is 0.871. The fourth-order valence-corrected chi connectivity index (χ4v) is 3.08. The zero-order valence-electron chi connectivity index (χ0n) is 11.1. The molecule has 0 spiro atoms. The van der Waals surface area contributed by atoms with Gasteiger partial charge in [-0.3, -0.25) is 0 Å². The summed E-state index contributed by atoms with van der Waals surface area (Å²) >= 11 is 0. The largest absolute Gasteiger partial charge is 0.389 e. The Hall–Kier alpha value is -1.03. The van der Waals surface area contributed by atoms with Gasteiger partial charge in [0.25, 0.3) is 0 Å². The second-order valence-corrected chi connectivity index (χ2v) is 5.25. The highest BCUT2D eigenvalue weighted by Crippen LogP contribution is 2.36. The van der Waals surface area contributed by atoms with Gasteiger partial charge in [0.2, 0.25) is 0 Å². The molecule has 0 bridgehead atoms. The van der Waals surface area contributed by atoms with E-state index in [0.29, 0.717) is 0 Å². The summed E-state index contributed by atoms with van der Waals surface area (Å²) in [5.74, 6) is 0.206. The molecular formula is C15H20F3N. The van der Waals surface area contributed by atoms with Crippen LogP contribution in [-0.2, 0) is 6.42 Å². The van der Waals surface area contributed by atoms with Crippen LogP contribution >= 0.6 is 0 Å². The summed E-state index contributed by atoms with van der Waals surface area (Å²) < 4.78 is 37.2. The predicted octanol–water partition coefficient (Wildman–Crippen LogP) is 4.04. The van der Waals surface area contributed by atoms with Crippen molar-refractivity contribution in [3.8, 4) is 0 Å². The van der Waals surface area contributed by atoms with Crippen LogP contribution in [0.4, 0.5) is 13.2 Å². The summed E-state index contributed by atoms with van der Waals surface area (Å²) in [4.78, 5) is 0. The van der Waals surface area contributed by atoms with Crippen LogP contribution in [0.15, 0.2) is 24.3 Å². The first-order chi connectivity index (χ1) is 9.01. The van der Waals surface area contributed by atoms with Crippen LogP contribution in [0, 0.1) is 0 Å². The Kier molecular flexibility index (Phi) is 4.50. The van der Waals surface area contributed by atoms with E-state index in [2.05, 4.69) is 17.4 Å². The third-order valence-corrected chi connectivity index (χ3v) is 4.01. The summed E-state index contributed by atoms with van der Waals surface area (Å²) in [5, 5.41) is 3.09. The molecule has 0 heterocycles. The maximum Gasteiger partial charge on any atom is 0.389 e. The molecule has 1 aliphatic rings. The maximum absolute atomic E-state index is 12.4. The van der Waals surface area contributed by atoms with E-state index in [1.54, 1.807) is 7.05 Å². The van der Waals surface area contributed by atoms with Crippen molar-refractivity contribution in [1.82, 2.24) is 5.32 Å². The second kappa shape index (κ2) is 5.95. The number of nitrogens with one attached hydrogen (secondary N) is 1. The van der Waals surface area contributed by atoms with E-state index in [1.165, 1.54) is 11.1 Å². The number of rotatable bonds is 4. The molecule has 2 atom stereocenters. The van der Waals surface area contributed by atoms with E-state index in [1.807, 2.05) is 12.1 Å². The molecule has 0 fully saturated rings. The number of likely N-dealkylation sites (N-methyl/N-ethyl adjacent to an activating group) is 1. The first-order valence-electron chi connectivity index (χ1n) is 6.83. The van der Waals surface area contributed by atoms with Gasteiger partial charge in [-0.15, -0.1) is 0 Å². The normalized spacial score (nSPS) is 20.9. The van der Waals surface area contributed by atoms with E-state index < -0.39 is 12.6 Å². The number of hydrogen-bond donors (Lipinski definition) is 1. The van der Waals surface area contributed by atoms with E-state index in [4.69, 9.17) is 0 Å². The fourth-order valence-electron chi connectivity index (χ4n) is 3.08. The molecule has 1 aromatic carbocycles. The SMILES string of the molecule is CNC(CCC(F)(F)F)C1CCCc2ccccc21. The molecular weight excluding hydrogens is 251 g/mol. The summed E-state index contributed by atoms with van der Waals surface area (Å²) in [6.45, 7) is 0. The molecule has 19 heavy (non-hydrogen) atoms. The van der Waals surface area contributed by atoms with Gasteiger partial charge in [0, 0.05) is 12.5 Å². The summed E-state index contributed by atoms with van der Waals surface area (Å²) in [6.07, 6.45) is -1.55. The van der Waals surface area contributed by atoms with Crippen LogP contribution in [0.5, 0.6) is 0 Å². The van der Waals surface area contributed by atoms with Gasteiger partial charge in [0.05, 0.1) is 0 Å². The Morgan fingerprint density at radius 1 is 1.32 bits per heavy atom. The molecule has 1 aliphatic carbocycles. The van der Waals surface area contributed by atoms with Gasteiger partial charge in [-0.2, -0.15) is 13.2 Å². The number of hydrogen-bond acceptors (Lipinski definition) is 1. The molecule has 1 nitrogen and oxygen atoms in total. The zero-order valence-corrected chi connectivity index (χ0v) is 11.1. The minimum atomic E-state index is -4.07. The summed E-state index contributed by atoms with van der Waals surface area (Å²) in [5.41, 5.74) is 2.53. The van der Waals surface area contributed by atoms with E-state index in [9.17, 15) is 13.2 Å². The van der Waals surface area contributed by atoms with Crippen LogP contribution in [0.1, 0.15) is 42.7 Å². The van der Waals surface area contributed by atoms with Crippen LogP contribution in [0.3, 0.4) is 0 Å². The Labute approximate surface area is 112 Å². The van der Waals surface area contributed by atoms with Crippen LogP contribution < -0.4 is 5.32 Å². The molecule has 0 aliphatic heterocycles. The Morgan fingerprint density at radius 2 is 2.05 bits per heavy atom. The van der Waals surface area contributed by atoms with Crippen molar-refractivity contribution in [3.63, 3.8) is 0 Å². The van der Waals surface area contributed by atoms with Crippen molar-refractivity contribution >= 4 is 0 Å². The Morgan fingerprint density at radius 3 is 2.74 bits per heavy atom. The number of alkyl halides is 3. The highest BCUT2D eigenvalue weighted by Gasteiger charge is 2.32. The summed E-state index contributed by atoms with van der Waals surface area (Å²) in [7, 11) is 1.76. The predicted molar refractivity (Wildman–Crippen MR) is 70.3 cm³/mol. The molecule has 0 saturated carbocycles. The van der Waals surface area contributed by atoms with Crippen LogP contribution in [-0.4, -0.2) is 19.3 Å². The maximum atomic E-state index is 12.4. The van der Waals surface area contributed by atoms with Crippen molar-refractivity contribution in [2.24, 2.45) is 0 Å². The summed E-state index contributed by atoms with van der Waals surface area (Å²) in [6, 6.07) is 8.05. The van der Waals surface area contributed by atoms with Crippen LogP contribution in [0.25, 0.3) is 0 Å². The van der Waals surface area contributed by atoms with Gasteiger partial charge >= 0.3 is 6.18 Å². The smallest absolute Gasteiger partial charge is 0.316 e. The highest BCUT2D eigenvalue weighted by atomic mass is 19.4. The fraction of sp³-hybridized carbons (Fsp3) is 0.600. The Bertz CT molecular complexity index is 414. The molecule has 0 saturated heterocycles. The lowest BCUT2D eigenvalue weighted by Gasteiger charge is -2.32. The number of halogens is 3. The van der Waals surface area contributed by atoms with Crippen molar-refractivity contribution in [2.75, 3.05) is 7.05 Å². The number of benzene rings is 1. The first-order valence-corrected chi connectivity index (χ1v) is 6.83. The van der Waals surface area contributed by atoms with Gasteiger partial charge in [-0.25, -0.2) is 0 Å². The van der Waals surface area contributed by atoms with E-state index >= 15 is 0 Å². The van der Waals surface area contributed by atoms with Crippen LogP contribution in [0.2, 0.25) is 0 Å². The molecule has 4 heteroatoms. The van der Waals surface area contributed by atoms with Crippen molar-refractivity contribution < 1.29 is 13.2 Å². The third kappa shape index (κ3) is 3.72. The topological polar surface area (TPSA) is 12.0 Å².